The highest BCUT2D eigenvalue weighted by Crippen LogP contribution is 2.34. The molecule has 1 fully saturated rings. The van der Waals surface area contributed by atoms with Gasteiger partial charge in [-0.3, -0.25) is 4.79 Å². The number of piperidine rings is 1. The van der Waals surface area contributed by atoms with E-state index in [-0.39, 0.29) is 40.7 Å². The van der Waals surface area contributed by atoms with Crippen molar-refractivity contribution >= 4 is 6.09 Å². The Bertz CT molecular complexity index is 1190. The van der Waals surface area contributed by atoms with Crippen LogP contribution in [0.4, 0.5) is 9.18 Å². The molecule has 0 radical (unpaired) electrons. The third-order valence-corrected chi connectivity index (χ3v) is 5.41. The number of ether oxygens (including phenoxy) is 1. The van der Waals surface area contributed by atoms with E-state index in [1.165, 1.54) is 17.0 Å². The SMILES string of the molecule is CC(C)(C)C1CC(Oc2cc(=O)n(-c3ccc(C#N)c(F)c3)nc2C#N)CCN1C(=O)O. The van der Waals surface area contributed by atoms with Gasteiger partial charge in [-0.05, 0) is 17.5 Å². The molecule has 1 aliphatic heterocycles. The number of carboxylic acid groups (broad SMARTS) is 1. The molecule has 0 bridgehead atoms. The molecular formula is C22H22FN5O4. The topological polar surface area (TPSA) is 132 Å². The zero-order valence-corrected chi connectivity index (χ0v) is 17.9. The van der Waals surface area contributed by atoms with E-state index in [0.717, 1.165) is 16.8 Å². The average Bonchev–Trinajstić information content (AvgIpc) is 2.73. The van der Waals surface area contributed by atoms with Crippen LogP contribution in [0.2, 0.25) is 0 Å². The van der Waals surface area contributed by atoms with E-state index in [1.54, 1.807) is 6.07 Å². The lowest BCUT2D eigenvalue weighted by Crippen LogP contribution is -2.53. The van der Waals surface area contributed by atoms with Gasteiger partial charge in [0, 0.05) is 31.5 Å². The van der Waals surface area contributed by atoms with Crippen LogP contribution in [0.5, 0.6) is 5.75 Å². The van der Waals surface area contributed by atoms with Crippen molar-refractivity contribution in [2.45, 2.75) is 45.8 Å². The van der Waals surface area contributed by atoms with Crippen molar-refractivity contribution in [3.8, 4) is 23.6 Å². The molecule has 1 aromatic carbocycles. The van der Waals surface area contributed by atoms with E-state index in [0.29, 0.717) is 12.8 Å². The minimum atomic E-state index is -1.000. The van der Waals surface area contributed by atoms with E-state index in [4.69, 9.17) is 10.00 Å². The molecule has 2 atom stereocenters. The molecule has 9 nitrogen and oxygen atoms in total. The van der Waals surface area contributed by atoms with Gasteiger partial charge in [-0.15, -0.1) is 5.10 Å². The second kappa shape index (κ2) is 8.67. The maximum atomic E-state index is 14.0. The van der Waals surface area contributed by atoms with Crippen LogP contribution in [0.15, 0.2) is 29.1 Å². The Morgan fingerprint density at radius 1 is 1.28 bits per heavy atom. The van der Waals surface area contributed by atoms with E-state index in [2.05, 4.69) is 5.10 Å². The van der Waals surface area contributed by atoms with Gasteiger partial charge in [0.15, 0.2) is 5.75 Å². The molecular weight excluding hydrogens is 417 g/mol. The van der Waals surface area contributed by atoms with Gasteiger partial charge in [-0.25, -0.2) is 9.18 Å². The first-order valence-electron chi connectivity index (χ1n) is 9.96. The summed E-state index contributed by atoms with van der Waals surface area (Å²) in [5.74, 6) is -0.819. The van der Waals surface area contributed by atoms with E-state index < -0.39 is 23.6 Å². The third kappa shape index (κ3) is 4.54. The Balaban J connectivity index is 1.90. The predicted molar refractivity (Wildman–Crippen MR) is 111 cm³/mol. The van der Waals surface area contributed by atoms with Gasteiger partial charge >= 0.3 is 6.09 Å². The number of likely N-dealkylation sites (tertiary alicyclic amines) is 1. The summed E-state index contributed by atoms with van der Waals surface area (Å²) in [7, 11) is 0. The molecule has 1 aliphatic rings. The predicted octanol–water partition coefficient (Wildman–Crippen LogP) is 3.05. The smallest absolute Gasteiger partial charge is 0.407 e. The van der Waals surface area contributed by atoms with Crippen LogP contribution < -0.4 is 10.3 Å². The number of rotatable bonds is 3. The molecule has 1 saturated heterocycles. The maximum Gasteiger partial charge on any atom is 0.407 e. The number of carbonyl (C=O) groups is 1. The van der Waals surface area contributed by atoms with Gasteiger partial charge < -0.3 is 14.7 Å². The number of hydrogen-bond acceptors (Lipinski definition) is 6. The monoisotopic (exact) mass is 439 g/mol. The van der Waals surface area contributed by atoms with E-state index >= 15 is 0 Å². The highest BCUT2D eigenvalue weighted by Gasteiger charge is 2.39. The summed E-state index contributed by atoms with van der Waals surface area (Å²) in [4.78, 5) is 25.6. The standard InChI is InChI=1S/C22H22FN5O4/c1-22(2,3)19-9-15(6-7-27(19)21(30)31)32-18-10-20(29)28(26-17(18)12-25)14-5-4-13(11-24)16(23)8-14/h4-5,8,10,15,19H,6-7,9H2,1-3H3,(H,30,31). The summed E-state index contributed by atoms with van der Waals surface area (Å²) in [6.07, 6.45) is -0.621. The van der Waals surface area contributed by atoms with Gasteiger partial charge in [0.25, 0.3) is 5.56 Å². The lowest BCUT2D eigenvalue weighted by atomic mass is 9.80. The van der Waals surface area contributed by atoms with Crippen LogP contribution in [-0.4, -0.2) is 44.6 Å². The third-order valence-electron chi connectivity index (χ3n) is 5.41. The number of amides is 1. The van der Waals surface area contributed by atoms with Crippen molar-refractivity contribution in [1.29, 1.82) is 10.5 Å². The number of hydrogen-bond donors (Lipinski definition) is 1. The second-order valence-electron chi connectivity index (χ2n) is 8.62. The number of halogens is 1. The number of nitrogens with zero attached hydrogens (tertiary/aromatic N) is 5. The molecule has 2 aromatic rings. The molecule has 0 spiro atoms. The highest BCUT2D eigenvalue weighted by molar-refractivity contribution is 5.65. The molecule has 0 saturated carbocycles. The van der Waals surface area contributed by atoms with Crippen LogP contribution >= 0.6 is 0 Å². The fraction of sp³-hybridized carbons (Fsp3) is 0.409. The molecule has 10 heteroatoms. The first-order chi connectivity index (χ1) is 15.0. The van der Waals surface area contributed by atoms with E-state index in [1.807, 2.05) is 26.8 Å². The van der Waals surface area contributed by atoms with Crippen molar-refractivity contribution in [3.05, 3.63) is 51.7 Å². The number of aromatic nitrogens is 2. The van der Waals surface area contributed by atoms with E-state index in [9.17, 15) is 24.3 Å². The van der Waals surface area contributed by atoms with Crippen LogP contribution in [0.1, 0.15) is 44.9 Å². The Morgan fingerprint density at radius 2 is 2.00 bits per heavy atom. The fourth-order valence-electron chi connectivity index (χ4n) is 3.79. The second-order valence-corrected chi connectivity index (χ2v) is 8.62. The van der Waals surface area contributed by atoms with Crippen LogP contribution in [0.25, 0.3) is 5.69 Å². The van der Waals surface area contributed by atoms with Crippen LogP contribution in [0.3, 0.4) is 0 Å². The minimum Gasteiger partial charge on any atom is -0.487 e. The summed E-state index contributed by atoms with van der Waals surface area (Å²) in [6.45, 7) is 6.08. The lowest BCUT2D eigenvalue weighted by molar-refractivity contribution is 0.0127. The molecule has 0 aliphatic carbocycles. The van der Waals surface area contributed by atoms with Gasteiger partial charge in [-0.1, -0.05) is 20.8 Å². The zero-order chi connectivity index (χ0) is 23.6. The normalized spacial score (nSPS) is 18.5. The molecule has 1 aromatic heterocycles. The number of nitriles is 2. The summed E-state index contributed by atoms with van der Waals surface area (Å²) in [5, 5.41) is 31.9. The van der Waals surface area contributed by atoms with Gasteiger partial charge in [-0.2, -0.15) is 15.2 Å². The molecule has 166 valence electrons. The van der Waals surface area contributed by atoms with Crippen LogP contribution in [-0.2, 0) is 0 Å². The van der Waals surface area contributed by atoms with Crippen molar-refractivity contribution in [3.63, 3.8) is 0 Å². The average molecular weight is 439 g/mol. The van der Waals surface area contributed by atoms with Crippen molar-refractivity contribution < 1.29 is 19.0 Å². The largest absolute Gasteiger partial charge is 0.487 e. The molecule has 1 N–H and O–H groups in total. The molecule has 3 rings (SSSR count). The summed E-state index contributed by atoms with van der Waals surface area (Å²) in [6, 6.07) is 7.94. The van der Waals surface area contributed by atoms with Gasteiger partial charge in [0.05, 0.1) is 17.3 Å². The zero-order valence-electron chi connectivity index (χ0n) is 17.9. The quantitative estimate of drug-likeness (QED) is 0.777. The van der Waals surface area contributed by atoms with Gasteiger partial charge in [0.2, 0.25) is 5.69 Å². The Kier molecular flexibility index (Phi) is 6.17. The summed E-state index contributed by atoms with van der Waals surface area (Å²) in [5.41, 5.74) is -1.25. The Labute approximate surface area is 183 Å². The highest BCUT2D eigenvalue weighted by atomic mass is 19.1. The van der Waals surface area contributed by atoms with Crippen molar-refractivity contribution in [2.24, 2.45) is 5.41 Å². The maximum absolute atomic E-state index is 14.0. The fourth-order valence-corrected chi connectivity index (χ4v) is 3.79. The van der Waals surface area contributed by atoms with Gasteiger partial charge in [0.1, 0.15) is 24.1 Å². The summed E-state index contributed by atoms with van der Waals surface area (Å²) >= 11 is 0. The number of benzene rings is 1. The molecule has 2 unspecified atom stereocenters. The molecule has 32 heavy (non-hydrogen) atoms. The first-order valence-corrected chi connectivity index (χ1v) is 9.96. The minimum absolute atomic E-state index is 0.00991. The summed E-state index contributed by atoms with van der Waals surface area (Å²) < 4.78 is 20.7. The Hall–Kier alpha value is -3.92. The molecule has 2 heterocycles. The van der Waals surface area contributed by atoms with Crippen molar-refractivity contribution in [2.75, 3.05) is 6.54 Å². The Morgan fingerprint density at radius 3 is 2.56 bits per heavy atom. The van der Waals surface area contributed by atoms with Crippen LogP contribution in [0, 0.1) is 33.9 Å². The lowest BCUT2D eigenvalue weighted by Gasteiger charge is -2.44. The first kappa shape index (κ1) is 22.8. The molecule has 1 amide bonds. The van der Waals surface area contributed by atoms with Crippen molar-refractivity contribution in [1.82, 2.24) is 14.7 Å².